The van der Waals surface area contributed by atoms with Crippen LogP contribution in [0.4, 0.5) is 0 Å². The van der Waals surface area contributed by atoms with Crippen LogP contribution in [0.3, 0.4) is 0 Å². The topological polar surface area (TPSA) is 38.7 Å². The molecule has 0 fully saturated rings. The first-order chi connectivity index (χ1) is 30.2. The molecule has 288 valence electrons. The average molecular weight is 780 g/mol. The average Bonchev–Trinajstić information content (AvgIpc) is 3.66. The second kappa shape index (κ2) is 15.4. The van der Waals surface area contributed by atoms with Crippen molar-refractivity contribution in [3.8, 4) is 78.7 Å². The highest BCUT2D eigenvalue weighted by atomic mass is 15.0. The van der Waals surface area contributed by atoms with E-state index in [4.69, 9.17) is 15.0 Å². The third kappa shape index (κ3) is 6.43. The van der Waals surface area contributed by atoms with Crippen molar-refractivity contribution in [1.82, 2.24) is 15.0 Å². The minimum absolute atomic E-state index is 0.169. The smallest absolute Gasteiger partial charge is 0.164 e. The molecule has 0 aliphatic heterocycles. The van der Waals surface area contributed by atoms with Crippen molar-refractivity contribution < 1.29 is 0 Å². The molecule has 1 aromatic heterocycles. The zero-order chi connectivity index (χ0) is 40.6. The van der Waals surface area contributed by atoms with E-state index in [-0.39, 0.29) is 5.92 Å². The van der Waals surface area contributed by atoms with Crippen molar-refractivity contribution in [2.24, 2.45) is 5.92 Å². The maximum Gasteiger partial charge on any atom is 0.164 e. The van der Waals surface area contributed by atoms with E-state index >= 15 is 0 Å². The van der Waals surface area contributed by atoms with Gasteiger partial charge >= 0.3 is 0 Å². The third-order valence-electron chi connectivity index (χ3n) is 12.4. The Kier molecular flexibility index (Phi) is 9.20. The lowest BCUT2D eigenvalue weighted by atomic mass is 9.62. The molecule has 61 heavy (non-hydrogen) atoms. The van der Waals surface area contributed by atoms with Gasteiger partial charge in [0.05, 0.1) is 5.41 Å². The Balaban J connectivity index is 1.19. The molecule has 0 amide bonds. The summed E-state index contributed by atoms with van der Waals surface area (Å²) < 4.78 is 0. The second-order valence-corrected chi connectivity index (χ2v) is 15.9. The van der Waals surface area contributed by atoms with Gasteiger partial charge in [0.15, 0.2) is 17.5 Å². The standard InChI is InChI=1S/C58H41N3/c1-6-18-40(19-7-1)42-30-32-44(33-31-42)47-38-51(54-50-28-16-17-29-52(50)58(53(54)39-47,48-24-12-4-13-25-48)49-26-14-5-15-27-49)57-60-55(45-22-10-3-11-23-45)59-56(61-57)46-36-34-43(35-37-46)41-20-8-2-9-21-41/h1-26,28-39,49H,27H2. The van der Waals surface area contributed by atoms with Crippen LogP contribution in [0.2, 0.25) is 0 Å². The minimum atomic E-state index is -0.478. The third-order valence-corrected chi connectivity index (χ3v) is 12.4. The van der Waals surface area contributed by atoms with Crippen LogP contribution in [-0.2, 0) is 5.41 Å². The molecule has 2 unspecified atom stereocenters. The van der Waals surface area contributed by atoms with Gasteiger partial charge in [-0.25, -0.2) is 15.0 Å². The SMILES string of the molecule is C1=CCC(C2(c3ccccc3)c3ccccc3-c3c(-c4nc(-c5ccccc5)nc(-c5ccc(-c6ccccc6)cc5)n4)cc(-c4ccc(-c5ccccc5)cc4)cc32)C=C1. The zero-order valence-electron chi connectivity index (χ0n) is 33.6. The van der Waals surface area contributed by atoms with Gasteiger partial charge in [-0.3, -0.25) is 0 Å². The van der Waals surface area contributed by atoms with Crippen molar-refractivity contribution in [1.29, 1.82) is 0 Å². The number of hydrogen-bond acceptors (Lipinski definition) is 3. The molecule has 1 heterocycles. The Bertz CT molecular complexity index is 3060. The number of nitrogens with zero attached hydrogens (tertiary/aromatic N) is 3. The molecule has 0 saturated carbocycles. The van der Waals surface area contributed by atoms with Crippen molar-refractivity contribution in [2.75, 3.05) is 0 Å². The molecule has 9 aromatic rings. The lowest BCUT2D eigenvalue weighted by Gasteiger charge is -2.40. The normalized spacial score (nSPS) is 16.2. The van der Waals surface area contributed by atoms with Crippen LogP contribution in [0.5, 0.6) is 0 Å². The molecular weight excluding hydrogens is 739 g/mol. The van der Waals surface area contributed by atoms with Crippen molar-refractivity contribution in [3.63, 3.8) is 0 Å². The highest BCUT2D eigenvalue weighted by molar-refractivity contribution is 5.96. The van der Waals surface area contributed by atoms with Gasteiger partial charge < -0.3 is 0 Å². The van der Waals surface area contributed by atoms with E-state index in [2.05, 4.69) is 206 Å². The van der Waals surface area contributed by atoms with Gasteiger partial charge in [-0.1, -0.05) is 218 Å². The van der Waals surface area contributed by atoms with Gasteiger partial charge in [-0.05, 0) is 85.7 Å². The Morgan fingerprint density at radius 3 is 1.39 bits per heavy atom. The fourth-order valence-electron chi connectivity index (χ4n) is 9.57. The van der Waals surface area contributed by atoms with Crippen LogP contribution >= 0.6 is 0 Å². The first kappa shape index (κ1) is 36.3. The Morgan fingerprint density at radius 1 is 0.361 bits per heavy atom. The maximum absolute atomic E-state index is 5.43. The predicted molar refractivity (Wildman–Crippen MR) is 251 cm³/mol. The molecule has 0 saturated heterocycles. The van der Waals surface area contributed by atoms with Crippen molar-refractivity contribution in [2.45, 2.75) is 11.8 Å². The van der Waals surface area contributed by atoms with Gasteiger partial charge in [0.1, 0.15) is 0 Å². The summed E-state index contributed by atoms with van der Waals surface area (Å²) in [6, 6.07) is 73.8. The molecule has 3 nitrogen and oxygen atoms in total. The summed E-state index contributed by atoms with van der Waals surface area (Å²) in [5.74, 6) is 2.09. The van der Waals surface area contributed by atoms with E-state index in [1.165, 1.54) is 44.5 Å². The first-order valence-corrected chi connectivity index (χ1v) is 21.0. The molecule has 0 radical (unpaired) electrons. The summed E-state index contributed by atoms with van der Waals surface area (Å²) >= 11 is 0. The molecule has 8 aromatic carbocycles. The van der Waals surface area contributed by atoms with E-state index in [1.54, 1.807) is 0 Å². The Labute approximate surface area is 357 Å². The number of aromatic nitrogens is 3. The molecule has 3 heteroatoms. The van der Waals surface area contributed by atoms with Crippen LogP contribution in [-0.4, -0.2) is 15.0 Å². The van der Waals surface area contributed by atoms with Crippen LogP contribution in [0.1, 0.15) is 23.1 Å². The molecule has 0 N–H and O–H groups in total. The number of allylic oxidation sites excluding steroid dienone is 4. The van der Waals surface area contributed by atoms with Gasteiger partial charge in [-0.15, -0.1) is 0 Å². The summed E-state index contributed by atoms with van der Waals surface area (Å²) in [6.07, 6.45) is 10.0. The zero-order valence-corrected chi connectivity index (χ0v) is 33.6. The number of hydrogen-bond donors (Lipinski definition) is 0. The van der Waals surface area contributed by atoms with Crippen LogP contribution in [0.15, 0.2) is 231 Å². The summed E-state index contributed by atoms with van der Waals surface area (Å²) in [5, 5.41) is 0. The van der Waals surface area contributed by atoms with Crippen molar-refractivity contribution >= 4 is 0 Å². The fraction of sp³-hybridized carbons (Fsp3) is 0.0517. The van der Waals surface area contributed by atoms with Crippen LogP contribution < -0.4 is 0 Å². The maximum atomic E-state index is 5.43. The van der Waals surface area contributed by atoms with Gasteiger partial charge in [0.2, 0.25) is 0 Å². The van der Waals surface area contributed by atoms with Gasteiger partial charge in [0, 0.05) is 16.7 Å². The number of rotatable bonds is 8. The van der Waals surface area contributed by atoms with E-state index in [0.717, 1.165) is 39.8 Å². The highest BCUT2D eigenvalue weighted by Crippen LogP contribution is 2.60. The molecule has 2 atom stereocenters. The van der Waals surface area contributed by atoms with Gasteiger partial charge in [-0.2, -0.15) is 0 Å². The summed E-state index contributed by atoms with van der Waals surface area (Å²) in [4.78, 5) is 16.0. The van der Waals surface area contributed by atoms with E-state index in [0.29, 0.717) is 17.5 Å². The van der Waals surface area contributed by atoms with E-state index in [1.807, 2.05) is 24.3 Å². The minimum Gasteiger partial charge on any atom is -0.208 e. The Hall–Kier alpha value is -7.75. The molecule has 0 spiro atoms. The van der Waals surface area contributed by atoms with E-state index in [9.17, 15) is 0 Å². The lowest BCUT2D eigenvalue weighted by molar-refractivity contribution is 0.457. The molecule has 11 rings (SSSR count). The lowest BCUT2D eigenvalue weighted by Crippen LogP contribution is -2.35. The molecule has 2 aliphatic carbocycles. The fourth-order valence-corrected chi connectivity index (χ4v) is 9.57. The Morgan fingerprint density at radius 2 is 0.820 bits per heavy atom. The highest BCUT2D eigenvalue weighted by Gasteiger charge is 2.50. The molecule has 2 aliphatic rings. The largest absolute Gasteiger partial charge is 0.208 e. The number of benzene rings is 8. The van der Waals surface area contributed by atoms with E-state index < -0.39 is 5.41 Å². The summed E-state index contributed by atoms with van der Waals surface area (Å²) in [7, 11) is 0. The van der Waals surface area contributed by atoms with Gasteiger partial charge in [0.25, 0.3) is 0 Å². The van der Waals surface area contributed by atoms with Crippen LogP contribution in [0.25, 0.3) is 78.7 Å². The predicted octanol–water partition coefficient (Wildman–Crippen LogP) is 14.3. The quantitative estimate of drug-likeness (QED) is 0.154. The second-order valence-electron chi connectivity index (χ2n) is 15.9. The summed E-state index contributed by atoms with van der Waals surface area (Å²) in [5.41, 5.74) is 15.5. The molecule has 0 bridgehead atoms. The first-order valence-electron chi connectivity index (χ1n) is 21.0. The molecular formula is C58H41N3. The van der Waals surface area contributed by atoms with Crippen LogP contribution in [0, 0.1) is 5.92 Å². The summed E-state index contributed by atoms with van der Waals surface area (Å²) in [6.45, 7) is 0. The number of fused-ring (bicyclic) bond motifs is 3. The van der Waals surface area contributed by atoms with Crippen molar-refractivity contribution in [3.05, 3.63) is 247 Å². The monoisotopic (exact) mass is 779 g/mol.